The fraction of sp³-hybridized carbons (Fsp3) is 0.188. The van der Waals surface area contributed by atoms with E-state index in [4.69, 9.17) is 18.6 Å². The number of hydrogen-bond donors (Lipinski definition) is 0. The second kappa shape index (κ2) is 12.3. The molecule has 1 aliphatic heterocycles. The molecule has 0 aliphatic carbocycles. The highest BCUT2D eigenvalue weighted by atomic mass is 32.1. The summed E-state index contributed by atoms with van der Waals surface area (Å²) in [4.78, 5) is 43.7. The average molecular weight is 585 g/mol. The molecule has 0 radical (unpaired) electrons. The normalized spacial score (nSPS) is 14.6. The van der Waals surface area contributed by atoms with Gasteiger partial charge < -0.3 is 18.6 Å². The predicted molar refractivity (Wildman–Crippen MR) is 158 cm³/mol. The molecule has 3 heterocycles. The topological polar surface area (TPSA) is 109 Å². The van der Waals surface area contributed by atoms with Gasteiger partial charge in [-0.2, -0.15) is 0 Å². The number of allylic oxidation sites excluding steroid dienone is 1. The van der Waals surface area contributed by atoms with Gasteiger partial charge in [0.2, 0.25) is 0 Å². The third kappa shape index (κ3) is 5.61. The van der Waals surface area contributed by atoms with E-state index in [1.807, 2.05) is 12.1 Å². The van der Waals surface area contributed by atoms with Crippen molar-refractivity contribution in [1.82, 2.24) is 4.57 Å². The Labute approximate surface area is 245 Å². The lowest BCUT2D eigenvalue weighted by molar-refractivity contribution is -0.139. The summed E-state index contributed by atoms with van der Waals surface area (Å²) in [5, 5.41) is 0. The van der Waals surface area contributed by atoms with E-state index in [0.29, 0.717) is 55.6 Å². The minimum Gasteiger partial charge on any atom is -0.490 e. The van der Waals surface area contributed by atoms with Gasteiger partial charge >= 0.3 is 11.9 Å². The molecule has 0 N–H and O–H groups in total. The molecule has 1 aliphatic rings. The number of nitrogens with zero attached hydrogens (tertiary/aromatic N) is 2. The van der Waals surface area contributed by atoms with Gasteiger partial charge in [-0.15, -0.1) is 0 Å². The maximum absolute atomic E-state index is 13.8. The van der Waals surface area contributed by atoms with E-state index in [-0.39, 0.29) is 12.2 Å². The van der Waals surface area contributed by atoms with E-state index >= 15 is 0 Å². The third-order valence-corrected chi connectivity index (χ3v) is 7.55. The molecule has 0 amide bonds. The van der Waals surface area contributed by atoms with Gasteiger partial charge in [0.15, 0.2) is 4.80 Å². The van der Waals surface area contributed by atoms with E-state index in [2.05, 4.69) is 11.6 Å². The number of thiazole rings is 1. The Morgan fingerprint density at radius 3 is 2.48 bits per heavy atom. The third-order valence-electron chi connectivity index (χ3n) is 6.57. The zero-order valence-electron chi connectivity index (χ0n) is 23.3. The first-order valence-electron chi connectivity index (χ1n) is 13.2. The van der Waals surface area contributed by atoms with Gasteiger partial charge in [-0.25, -0.2) is 14.6 Å². The highest BCUT2D eigenvalue weighted by molar-refractivity contribution is 7.07. The molecule has 4 aromatic rings. The molecule has 9 nitrogen and oxygen atoms in total. The Morgan fingerprint density at radius 1 is 1.07 bits per heavy atom. The van der Waals surface area contributed by atoms with Crippen LogP contribution in [0.25, 0.3) is 17.4 Å². The van der Waals surface area contributed by atoms with Crippen LogP contribution >= 0.6 is 11.3 Å². The van der Waals surface area contributed by atoms with E-state index in [1.54, 1.807) is 74.5 Å². The summed E-state index contributed by atoms with van der Waals surface area (Å²) in [6.45, 7) is 7.68. The number of rotatable bonds is 9. The predicted octanol–water partition coefficient (Wildman–Crippen LogP) is 4.41. The zero-order valence-corrected chi connectivity index (χ0v) is 24.1. The number of esters is 2. The van der Waals surface area contributed by atoms with Gasteiger partial charge in [-0.1, -0.05) is 48.3 Å². The number of benzene rings is 2. The van der Waals surface area contributed by atoms with Crippen LogP contribution < -0.4 is 19.6 Å². The molecule has 0 bridgehead atoms. The van der Waals surface area contributed by atoms with Crippen molar-refractivity contribution in [3.63, 3.8) is 0 Å². The Bertz CT molecular complexity index is 1860. The standard InChI is InChI=1S/C32H28N2O7S/c1-5-17-40-23-13-11-21(12-14-23)28-27(31(37)39-6-2)19(3)33-32-34(28)29(35)26(42-32)18-24-15-16-25(41-24)20-7-9-22(10-8-20)30(36)38-4/h5,7-16,18,28H,1,6,17H2,2-4H3/b26-18-/t28-/m0/s1. The lowest BCUT2D eigenvalue weighted by Gasteiger charge is -2.24. The molecular weight excluding hydrogens is 556 g/mol. The van der Waals surface area contributed by atoms with E-state index in [0.717, 1.165) is 5.56 Å². The summed E-state index contributed by atoms with van der Waals surface area (Å²) in [5.74, 6) is 0.724. The molecule has 0 spiro atoms. The highest BCUT2D eigenvalue weighted by Gasteiger charge is 2.33. The fourth-order valence-electron chi connectivity index (χ4n) is 4.61. The molecule has 42 heavy (non-hydrogen) atoms. The van der Waals surface area contributed by atoms with Crippen LogP contribution in [0.3, 0.4) is 0 Å². The monoisotopic (exact) mass is 584 g/mol. The van der Waals surface area contributed by atoms with Gasteiger partial charge in [-0.05, 0) is 55.8 Å². The molecule has 2 aromatic carbocycles. The summed E-state index contributed by atoms with van der Waals surface area (Å²) < 4.78 is 23.6. The van der Waals surface area contributed by atoms with Crippen molar-refractivity contribution in [2.45, 2.75) is 19.9 Å². The average Bonchev–Trinajstić information content (AvgIpc) is 3.59. The lowest BCUT2D eigenvalue weighted by Crippen LogP contribution is -2.39. The van der Waals surface area contributed by atoms with Crippen LogP contribution in [0.4, 0.5) is 0 Å². The van der Waals surface area contributed by atoms with E-state index < -0.39 is 18.0 Å². The number of aromatic nitrogens is 1. The smallest absolute Gasteiger partial charge is 0.338 e. The summed E-state index contributed by atoms with van der Waals surface area (Å²) >= 11 is 1.21. The molecular formula is C32H28N2O7S. The fourth-order valence-corrected chi connectivity index (χ4v) is 5.64. The van der Waals surface area contributed by atoms with Crippen LogP contribution in [-0.4, -0.2) is 36.8 Å². The summed E-state index contributed by atoms with van der Waals surface area (Å²) in [7, 11) is 1.33. The number of fused-ring (bicyclic) bond motifs is 1. The molecule has 5 rings (SSSR count). The summed E-state index contributed by atoms with van der Waals surface area (Å²) in [6, 6.07) is 16.9. The second-order valence-electron chi connectivity index (χ2n) is 9.24. The maximum Gasteiger partial charge on any atom is 0.338 e. The molecule has 0 saturated heterocycles. The molecule has 10 heteroatoms. The Kier molecular flexibility index (Phi) is 8.35. The minimum absolute atomic E-state index is 0.188. The lowest BCUT2D eigenvalue weighted by atomic mass is 9.96. The van der Waals surface area contributed by atoms with Crippen LogP contribution in [0.2, 0.25) is 0 Å². The first-order valence-corrected chi connectivity index (χ1v) is 14.0. The number of furan rings is 1. The first kappa shape index (κ1) is 28.6. The SMILES string of the molecule is C=CCOc1ccc([C@H]2C(C(=O)OCC)=C(C)N=c3s/c(=C\c4ccc(-c5ccc(C(=O)OC)cc5)o4)c(=O)n32)cc1. The highest BCUT2D eigenvalue weighted by Crippen LogP contribution is 2.32. The minimum atomic E-state index is -0.739. The molecule has 0 unspecified atom stereocenters. The summed E-state index contributed by atoms with van der Waals surface area (Å²) in [6.07, 6.45) is 3.31. The number of carbonyl (C=O) groups excluding carboxylic acids is 2. The maximum atomic E-state index is 13.8. The Hall–Kier alpha value is -4.96. The van der Waals surface area contributed by atoms with Crippen LogP contribution in [0.5, 0.6) is 5.75 Å². The number of hydrogen-bond acceptors (Lipinski definition) is 9. The number of carbonyl (C=O) groups is 2. The largest absolute Gasteiger partial charge is 0.490 e. The van der Waals surface area contributed by atoms with Crippen LogP contribution in [0, 0.1) is 0 Å². The second-order valence-corrected chi connectivity index (χ2v) is 10.3. The summed E-state index contributed by atoms with van der Waals surface area (Å²) in [5.41, 5.74) is 2.37. The van der Waals surface area contributed by atoms with Crippen LogP contribution in [0.15, 0.2) is 98.8 Å². The van der Waals surface area contributed by atoms with E-state index in [1.165, 1.54) is 23.0 Å². The van der Waals surface area contributed by atoms with Crippen molar-refractivity contribution >= 4 is 29.4 Å². The molecule has 2 aromatic heterocycles. The molecule has 0 saturated carbocycles. The van der Waals surface area contributed by atoms with Crippen LogP contribution in [-0.2, 0) is 14.3 Å². The quantitative estimate of drug-likeness (QED) is 0.212. The van der Waals surface area contributed by atoms with Gasteiger partial charge in [0, 0.05) is 11.6 Å². The number of methoxy groups -OCH3 is 1. The van der Waals surface area contributed by atoms with Gasteiger partial charge in [0.05, 0.1) is 41.1 Å². The van der Waals surface area contributed by atoms with Gasteiger partial charge in [-0.3, -0.25) is 9.36 Å². The van der Waals surface area contributed by atoms with Crippen molar-refractivity contribution in [3.8, 4) is 17.1 Å². The van der Waals surface area contributed by atoms with Crippen molar-refractivity contribution in [2.75, 3.05) is 20.3 Å². The van der Waals surface area contributed by atoms with Crippen molar-refractivity contribution < 1.29 is 28.2 Å². The Morgan fingerprint density at radius 2 is 1.81 bits per heavy atom. The van der Waals surface area contributed by atoms with Gasteiger partial charge in [0.1, 0.15) is 23.9 Å². The molecule has 214 valence electrons. The van der Waals surface area contributed by atoms with Crippen molar-refractivity contribution in [2.24, 2.45) is 4.99 Å². The van der Waals surface area contributed by atoms with Crippen molar-refractivity contribution in [1.29, 1.82) is 0 Å². The van der Waals surface area contributed by atoms with Crippen molar-refractivity contribution in [3.05, 3.63) is 121 Å². The van der Waals surface area contributed by atoms with Gasteiger partial charge in [0.25, 0.3) is 5.56 Å². The van der Waals surface area contributed by atoms with E-state index in [9.17, 15) is 14.4 Å². The van der Waals surface area contributed by atoms with Crippen LogP contribution in [0.1, 0.15) is 41.6 Å². The molecule has 0 fully saturated rings. The number of ether oxygens (including phenoxy) is 3. The Balaban J connectivity index is 1.55. The zero-order chi connectivity index (χ0) is 29.8. The molecule has 1 atom stereocenters. The first-order chi connectivity index (χ1) is 20.3.